The van der Waals surface area contributed by atoms with E-state index in [-0.39, 0.29) is 0 Å². The Morgan fingerprint density at radius 2 is 1.63 bits per heavy atom. The zero-order valence-corrected chi connectivity index (χ0v) is 11.0. The van der Waals surface area contributed by atoms with Crippen molar-refractivity contribution in [3.63, 3.8) is 0 Å². The summed E-state index contributed by atoms with van der Waals surface area (Å²) < 4.78 is 0.983. The number of aromatic hydroxyl groups is 1. The topological polar surface area (TPSA) is 56.0 Å². The maximum absolute atomic E-state index is 10.0. The van der Waals surface area contributed by atoms with Crippen LogP contribution in [-0.2, 0) is 6.54 Å². The van der Waals surface area contributed by atoms with Crippen molar-refractivity contribution in [1.29, 1.82) is 0 Å². The van der Waals surface area contributed by atoms with E-state index in [4.69, 9.17) is 5.73 Å². The molecule has 4 aliphatic heterocycles. The predicted octanol–water partition coefficient (Wildman–Crippen LogP) is -0.0170. The Balaban J connectivity index is 1.64. The molecule has 0 spiro atoms. The molecule has 4 saturated heterocycles. The second-order valence-electron chi connectivity index (χ2n) is 6.25. The van der Waals surface area contributed by atoms with Crippen molar-refractivity contribution in [2.45, 2.75) is 6.54 Å². The van der Waals surface area contributed by atoms with Gasteiger partial charge in [-0.25, -0.2) is 14.7 Å². The fourth-order valence-corrected chi connectivity index (χ4v) is 3.90. The van der Waals surface area contributed by atoms with Crippen LogP contribution in [0, 0.1) is 0 Å². The number of nitrogen functional groups attached to an aromatic ring is 1. The minimum absolute atomic E-state index is 0.364. The molecule has 0 aromatic heterocycles. The highest BCUT2D eigenvalue weighted by atomic mass is 16.3. The smallest absolute Gasteiger partial charge is 0.139 e. The average molecular weight is 262 g/mol. The summed E-state index contributed by atoms with van der Waals surface area (Å²) in [5, 5.41) is 10.0. The molecule has 0 saturated carbocycles. The fraction of sp³-hybridized carbons (Fsp3) is 0.538. The third-order valence-electron chi connectivity index (χ3n) is 4.31. The van der Waals surface area contributed by atoms with E-state index in [9.17, 15) is 5.11 Å². The van der Waals surface area contributed by atoms with Crippen molar-refractivity contribution in [3.05, 3.63) is 23.8 Å². The highest BCUT2D eigenvalue weighted by Crippen LogP contribution is 2.33. The maximum atomic E-state index is 10.0. The van der Waals surface area contributed by atoms with Crippen molar-refractivity contribution in [2.75, 3.05) is 45.7 Å². The van der Waals surface area contributed by atoms with E-state index in [1.807, 2.05) is 6.07 Å². The summed E-state index contributed by atoms with van der Waals surface area (Å²) in [6.07, 6.45) is 0. The Hall–Kier alpha value is -1.34. The summed E-state index contributed by atoms with van der Waals surface area (Å²) in [5.74, 6) is 0.364. The van der Waals surface area contributed by atoms with Gasteiger partial charge in [-0.3, -0.25) is 4.48 Å². The third-order valence-corrected chi connectivity index (χ3v) is 4.31. The van der Waals surface area contributed by atoms with Gasteiger partial charge in [0.2, 0.25) is 0 Å². The van der Waals surface area contributed by atoms with E-state index >= 15 is 0 Å². The number of nitrogens with zero attached hydrogens (tertiary/aromatic N) is 4. The van der Waals surface area contributed by atoms with Crippen molar-refractivity contribution >= 4 is 5.69 Å². The summed E-state index contributed by atoms with van der Waals surface area (Å²) in [7, 11) is 0. The van der Waals surface area contributed by atoms with Gasteiger partial charge in [0.25, 0.3) is 0 Å². The number of hydrogen-bond acceptors (Lipinski definition) is 5. The van der Waals surface area contributed by atoms with E-state index in [2.05, 4.69) is 14.7 Å². The zero-order valence-electron chi connectivity index (χ0n) is 11.0. The first kappa shape index (κ1) is 11.5. The van der Waals surface area contributed by atoms with Crippen LogP contribution in [0.5, 0.6) is 5.75 Å². The molecule has 6 heteroatoms. The van der Waals surface area contributed by atoms with E-state index in [0.29, 0.717) is 5.75 Å². The molecule has 1 aromatic rings. The van der Waals surface area contributed by atoms with E-state index in [0.717, 1.165) is 62.3 Å². The Labute approximate surface area is 112 Å². The molecular formula is C13H20N5O+. The van der Waals surface area contributed by atoms with Crippen LogP contribution in [0.4, 0.5) is 5.69 Å². The lowest BCUT2D eigenvalue weighted by Crippen LogP contribution is -2.78. The number of quaternary nitrogens is 1. The maximum Gasteiger partial charge on any atom is 0.139 e. The van der Waals surface area contributed by atoms with Gasteiger partial charge in [0.05, 0.1) is 25.6 Å². The van der Waals surface area contributed by atoms with Gasteiger partial charge in [-0.15, -0.1) is 0 Å². The fourth-order valence-electron chi connectivity index (χ4n) is 3.90. The zero-order chi connectivity index (χ0) is 13.0. The van der Waals surface area contributed by atoms with Crippen molar-refractivity contribution in [2.24, 2.45) is 0 Å². The molecular weight excluding hydrogens is 242 g/mol. The van der Waals surface area contributed by atoms with Crippen LogP contribution in [0.3, 0.4) is 0 Å². The summed E-state index contributed by atoms with van der Waals surface area (Å²) >= 11 is 0. The molecule has 0 atom stereocenters. The summed E-state index contributed by atoms with van der Waals surface area (Å²) in [4.78, 5) is 7.42. The predicted molar refractivity (Wildman–Crippen MR) is 71.2 cm³/mol. The Morgan fingerprint density at radius 3 is 2.21 bits per heavy atom. The molecule has 3 N–H and O–H groups in total. The van der Waals surface area contributed by atoms with Gasteiger partial charge >= 0.3 is 0 Å². The van der Waals surface area contributed by atoms with Gasteiger partial charge in [0, 0.05) is 5.69 Å². The van der Waals surface area contributed by atoms with Gasteiger partial charge in [0.1, 0.15) is 32.3 Å². The lowest BCUT2D eigenvalue weighted by atomic mass is 10.1. The number of benzene rings is 1. The van der Waals surface area contributed by atoms with Crippen LogP contribution in [0.1, 0.15) is 5.56 Å². The molecule has 4 heterocycles. The standard InChI is InChI=1S/C13H19N5O/c14-12-1-2-13(19)11(3-12)4-18-8-15-5-16(9-18)7-17(6-15)10-18/h1-3H,4-10,14H2/p+1. The first-order chi connectivity index (χ1) is 9.12. The molecule has 1 aromatic carbocycles. The minimum Gasteiger partial charge on any atom is -0.507 e. The van der Waals surface area contributed by atoms with Gasteiger partial charge in [-0.05, 0) is 18.2 Å². The second kappa shape index (κ2) is 3.83. The van der Waals surface area contributed by atoms with Crippen molar-refractivity contribution in [1.82, 2.24) is 14.7 Å². The first-order valence-electron chi connectivity index (χ1n) is 6.71. The van der Waals surface area contributed by atoms with E-state index in [1.165, 1.54) is 0 Å². The van der Waals surface area contributed by atoms with Crippen LogP contribution in [0.15, 0.2) is 18.2 Å². The lowest BCUT2D eigenvalue weighted by Gasteiger charge is -2.60. The average Bonchev–Trinajstić information content (AvgIpc) is 2.31. The molecule has 19 heavy (non-hydrogen) atoms. The van der Waals surface area contributed by atoms with Crippen LogP contribution in [0.25, 0.3) is 0 Å². The molecule has 6 nitrogen and oxygen atoms in total. The highest BCUT2D eigenvalue weighted by Gasteiger charge is 2.48. The summed E-state index contributed by atoms with van der Waals surface area (Å²) in [6.45, 7) is 7.31. The van der Waals surface area contributed by atoms with Crippen LogP contribution in [0.2, 0.25) is 0 Å². The van der Waals surface area contributed by atoms with Crippen LogP contribution >= 0.6 is 0 Å². The summed E-state index contributed by atoms with van der Waals surface area (Å²) in [6, 6.07) is 5.37. The van der Waals surface area contributed by atoms with Crippen molar-refractivity contribution < 1.29 is 9.59 Å². The Kier molecular flexibility index (Phi) is 2.32. The molecule has 102 valence electrons. The number of hydrogen-bond donors (Lipinski definition) is 2. The highest BCUT2D eigenvalue weighted by molar-refractivity contribution is 5.46. The second-order valence-corrected chi connectivity index (χ2v) is 6.25. The molecule has 0 unspecified atom stereocenters. The van der Waals surface area contributed by atoms with E-state index < -0.39 is 0 Å². The normalized spacial score (nSPS) is 39.7. The molecule has 0 amide bonds. The van der Waals surface area contributed by atoms with Gasteiger partial charge in [0.15, 0.2) is 0 Å². The number of anilines is 1. The Bertz CT molecular complexity index is 482. The SMILES string of the molecule is Nc1ccc(O)c(C[N+]23CN4CN(CN(C4)C2)C3)c1. The number of phenolic OH excluding ortho intramolecular Hbond substituents is 1. The molecule has 5 rings (SSSR count). The van der Waals surface area contributed by atoms with Gasteiger partial charge < -0.3 is 10.8 Å². The Morgan fingerprint density at radius 1 is 1.05 bits per heavy atom. The number of nitrogens with two attached hydrogens (primary N) is 1. The minimum atomic E-state index is 0.364. The van der Waals surface area contributed by atoms with Gasteiger partial charge in [-0.2, -0.15) is 0 Å². The van der Waals surface area contributed by atoms with Crippen LogP contribution < -0.4 is 5.73 Å². The quantitative estimate of drug-likeness (QED) is 0.446. The molecule has 0 radical (unpaired) electrons. The van der Waals surface area contributed by atoms with Crippen molar-refractivity contribution in [3.8, 4) is 5.75 Å². The van der Waals surface area contributed by atoms with Gasteiger partial charge in [-0.1, -0.05) is 0 Å². The lowest BCUT2D eigenvalue weighted by molar-refractivity contribution is -0.991. The third kappa shape index (κ3) is 1.88. The summed E-state index contributed by atoms with van der Waals surface area (Å²) in [5.41, 5.74) is 7.53. The molecule has 4 bridgehead atoms. The largest absolute Gasteiger partial charge is 0.507 e. The molecule has 0 aliphatic carbocycles. The molecule has 4 fully saturated rings. The van der Waals surface area contributed by atoms with E-state index in [1.54, 1.807) is 12.1 Å². The van der Waals surface area contributed by atoms with Crippen LogP contribution in [-0.4, -0.2) is 64.3 Å². The monoisotopic (exact) mass is 262 g/mol. The number of phenols is 1. The number of rotatable bonds is 2. The first-order valence-corrected chi connectivity index (χ1v) is 6.71. The molecule has 4 aliphatic rings.